The van der Waals surface area contributed by atoms with Crippen LogP contribution in [0.2, 0.25) is 0 Å². The molecule has 0 aliphatic carbocycles. The van der Waals surface area contributed by atoms with Crippen LogP contribution < -0.4 is 11.1 Å². The smallest absolute Gasteiger partial charge is 0.247 e. The second kappa shape index (κ2) is 8.18. The molecule has 1 heterocycles. The number of aromatic amines is 1. The third kappa shape index (κ3) is 3.74. The highest BCUT2D eigenvalue weighted by molar-refractivity contribution is 6.03. The van der Waals surface area contributed by atoms with Crippen molar-refractivity contribution in [1.29, 1.82) is 0 Å². The van der Waals surface area contributed by atoms with Gasteiger partial charge in [0.05, 0.1) is 5.52 Å². The Hall–Kier alpha value is -3.74. The third-order valence-electron chi connectivity index (χ3n) is 5.38. The number of aliphatic hydroxyl groups is 1. The monoisotopic (exact) mass is 415 g/mol. The zero-order valence-corrected chi connectivity index (χ0v) is 16.9. The lowest BCUT2D eigenvalue weighted by molar-refractivity contribution is -0.111. The third-order valence-corrected chi connectivity index (χ3v) is 5.38. The molecule has 5 N–H and O–H groups in total. The van der Waals surface area contributed by atoms with Gasteiger partial charge < -0.3 is 21.1 Å². The fraction of sp³-hybridized carbons (Fsp3) is 0.0800. The first-order valence-electron chi connectivity index (χ1n) is 9.78. The van der Waals surface area contributed by atoms with Gasteiger partial charge in [-0.15, -0.1) is 0 Å². The molecule has 3 aromatic carbocycles. The lowest BCUT2D eigenvalue weighted by atomic mass is 9.94. The molecule has 1 aromatic heterocycles. The number of aromatic nitrogens is 1. The van der Waals surface area contributed by atoms with Crippen molar-refractivity contribution in [3.8, 4) is 22.4 Å². The Bertz CT molecular complexity index is 1310. The van der Waals surface area contributed by atoms with Gasteiger partial charge in [-0.3, -0.25) is 4.79 Å². The van der Waals surface area contributed by atoms with E-state index in [9.17, 15) is 14.3 Å². The maximum atomic E-state index is 14.4. The summed E-state index contributed by atoms with van der Waals surface area (Å²) in [5.74, 6) is -0.647. The molecule has 0 radical (unpaired) electrons. The van der Waals surface area contributed by atoms with Crippen molar-refractivity contribution >= 4 is 22.5 Å². The van der Waals surface area contributed by atoms with Crippen molar-refractivity contribution in [2.75, 3.05) is 5.32 Å². The fourth-order valence-corrected chi connectivity index (χ4v) is 3.79. The number of benzene rings is 3. The molecule has 0 fully saturated rings. The molecule has 4 aromatic rings. The van der Waals surface area contributed by atoms with Crippen LogP contribution in [0.5, 0.6) is 0 Å². The quantitative estimate of drug-likeness (QED) is 0.272. The highest BCUT2D eigenvalue weighted by Gasteiger charge is 2.18. The number of carbonyl (C=O) groups excluding carboxylic acids is 1. The zero-order valence-electron chi connectivity index (χ0n) is 16.9. The van der Waals surface area contributed by atoms with Gasteiger partial charge in [0.15, 0.2) is 0 Å². The Kier molecular flexibility index (Phi) is 5.42. The van der Waals surface area contributed by atoms with Crippen LogP contribution in [0.3, 0.4) is 0 Å². The number of hydrogen-bond acceptors (Lipinski definition) is 3. The Morgan fingerprint density at radius 2 is 1.87 bits per heavy atom. The largest absolute Gasteiger partial charge is 0.374 e. The molecule has 1 unspecified atom stereocenters. The molecule has 0 aliphatic rings. The van der Waals surface area contributed by atoms with Crippen molar-refractivity contribution < 1.29 is 14.3 Å². The van der Waals surface area contributed by atoms with E-state index in [2.05, 4.69) is 16.9 Å². The molecule has 0 saturated heterocycles. The number of halogens is 1. The van der Waals surface area contributed by atoms with E-state index in [1.54, 1.807) is 24.3 Å². The topological polar surface area (TPSA) is 91.1 Å². The van der Waals surface area contributed by atoms with Crippen molar-refractivity contribution in [2.45, 2.75) is 13.2 Å². The number of hydrogen-bond donors (Lipinski definition) is 4. The fourth-order valence-electron chi connectivity index (χ4n) is 3.79. The first kappa shape index (κ1) is 20.5. The molecule has 0 bridgehead atoms. The maximum absolute atomic E-state index is 14.4. The standard InChI is InChI=1S/C25H22FN3O2/c1-3-23(30)28-21-10-6-8-15(14(21)2)16-11-12-18(25(27)31)24-19(16)13-22(29-24)17-7-4-5-9-20(17)26/h3-13,25,29,31H,1,27H2,2H3,(H,28,30). The lowest BCUT2D eigenvalue weighted by Crippen LogP contribution is -2.09. The maximum Gasteiger partial charge on any atom is 0.247 e. The van der Waals surface area contributed by atoms with Gasteiger partial charge >= 0.3 is 0 Å². The van der Waals surface area contributed by atoms with E-state index in [-0.39, 0.29) is 11.7 Å². The molecule has 4 rings (SSSR count). The Balaban J connectivity index is 1.95. The number of rotatable bonds is 5. The van der Waals surface area contributed by atoms with Gasteiger partial charge in [-0.1, -0.05) is 43.0 Å². The summed E-state index contributed by atoms with van der Waals surface area (Å²) < 4.78 is 14.4. The van der Waals surface area contributed by atoms with E-state index in [0.29, 0.717) is 28.0 Å². The van der Waals surface area contributed by atoms with Crippen molar-refractivity contribution in [1.82, 2.24) is 4.98 Å². The molecule has 31 heavy (non-hydrogen) atoms. The molecule has 0 spiro atoms. The number of amides is 1. The average molecular weight is 415 g/mol. The van der Waals surface area contributed by atoms with Gasteiger partial charge in [0.2, 0.25) is 5.91 Å². The van der Waals surface area contributed by atoms with Gasteiger partial charge in [-0.2, -0.15) is 0 Å². The van der Waals surface area contributed by atoms with Crippen molar-refractivity contribution in [2.24, 2.45) is 5.73 Å². The molecule has 156 valence electrons. The molecule has 5 nitrogen and oxygen atoms in total. The van der Waals surface area contributed by atoms with Gasteiger partial charge in [-0.05, 0) is 54.0 Å². The van der Waals surface area contributed by atoms with Crippen LogP contribution in [0.25, 0.3) is 33.3 Å². The average Bonchev–Trinajstić information content (AvgIpc) is 3.19. The highest BCUT2D eigenvalue weighted by atomic mass is 19.1. The zero-order chi connectivity index (χ0) is 22.1. The van der Waals surface area contributed by atoms with E-state index < -0.39 is 6.23 Å². The summed E-state index contributed by atoms with van der Waals surface area (Å²) in [4.78, 5) is 15.0. The SMILES string of the molecule is C=CC(=O)Nc1cccc(-c2ccc(C(N)O)c3[nH]c(-c4ccccc4F)cc23)c1C. The lowest BCUT2D eigenvalue weighted by Gasteiger charge is -2.14. The van der Waals surface area contributed by atoms with E-state index in [1.165, 1.54) is 12.1 Å². The summed E-state index contributed by atoms with van der Waals surface area (Å²) in [6.45, 7) is 5.40. The minimum atomic E-state index is -1.19. The molecule has 6 heteroatoms. The first-order valence-corrected chi connectivity index (χ1v) is 9.78. The van der Waals surface area contributed by atoms with E-state index >= 15 is 0 Å². The summed E-state index contributed by atoms with van der Waals surface area (Å²) in [7, 11) is 0. The van der Waals surface area contributed by atoms with Crippen LogP contribution >= 0.6 is 0 Å². The summed E-state index contributed by atoms with van der Waals surface area (Å²) in [6, 6.07) is 17.6. The normalized spacial score (nSPS) is 12.0. The van der Waals surface area contributed by atoms with E-state index in [4.69, 9.17) is 5.73 Å². The highest BCUT2D eigenvalue weighted by Crippen LogP contribution is 2.38. The van der Waals surface area contributed by atoms with E-state index in [1.807, 2.05) is 37.3 Å². The first-order chi connectivity index (χ1) is 14.9. The number of carbonyl (C=O) groups is 1. The molecule has 1 atom stereocenters. The van der Waals surface area contributed by atoms with Gasteiger partial charge in [0.25, 0.3) is 0 Å². The van der Waals surface area contributed by atoms with E-state index in [0.717, 1.165) is 22.1 Å². The predicted octanol–water partition coefficient (Wildman–Crippen LogP) is 5.02. The predicted molar refractivity (Wildman–Crippen MR) is 122 cm³/mol. The van der Waals surface area contributed by atoms with Gasteiger partial charge in [0, 0.05) is 27.9 Å². The summed E-state index contributed by atoms with van der Waals surface area (Å²) >= 11 is 0. The van der Waals surface area contributed by atoms with Crippen LogP contribution in [-0.4, -0.2) is 16.0 Å². The Labute approximate surface area is 179 Å². The number of nitrogens with two attached hydrogens (primary N) is 1. The molecular weight excluding hydrogens is 393 g/mol. The molecule has 0 saturated carbocycles. The van der Waals surface area contributed by atoms with Crippen LogP contribution in [0.15, 0.2) is 73.3 Å². The number of fused-ring (bicyclic) bond motifs is 1. The summed E-state index contributed by atoms with van der Waals surface area (Å²) in [6.07, 6.45) is 0.0252. The summed E-state index contributed by atoms with van der Waals surface area (Å²) in [5, 5.41) is 13.7. The van der Waals surface area contributed by atoms with Crippen LogP contribution in [0.1, 0.15) is 17.4 Å². The second-order valence-corrected chi connectivity index (χ2v) is 7.27. The number of nitrogens with one attached hydrogen (secondary N) is 2. The molecule has 1 amide bonds. The Morgan fingerprint density at radius 3 is 2.58 bits per heavy atom. The minimum Gasteiger partial charge on any atom is -0.374 e. The van der Waals surface area contributed by atoms with Crippen LogP contribution in [-0.2, 0) is 4.79 Å². The van der Waals surface area contributed by atoms with Crippen molar-refractivity contribution in [3.05, 3.63) is 90.3 Å². The second-order valence-electron chi connectivity index (χ2n) is 7.27. The molecular formula is C25H22FN3O2. The number of H-pyrrole nitrogens is 1. The van der Waals surface area contributed by atoms with Gasteiger partial charge in [0.1, 0.15) is 12.0 Å². The van der Waals surface area contributed by atoms with Crippen LogP contribution in [0, 0.1) is 12.7 Å². The summed E-state index contributed by atoms with van der Waals surface area (Å²) in [5.41, 5.74) is 11.2. The Morgan fingerprint density at radius 1 is 1.13 bits per heavy atom. The van der Waals surface area contributed by atoms with Gasteiger partial charge in [-0.25, -0.2) is 4.39 Å². The number of anilines is 1. The minimum absolute atomic E-state index is 0.296. The van der Waals surface area contributed by atoms with Crippen molar-refractivity contribution in [3.63, 3.8) is 0 Å². The number of aliphatic hydroxyl groups excluding tert-OH is 1. The molecule has 0 aliphatic heterocycles. The van der Waals surface area contributed by atoms with Crippen LogP contribution in [0.4, 0.5) is 10.1 Å².